The van der Waals surface area contributed by atoms with Gasteiger partial charge >= 0.3 is 5.97 Å². The highest BCUT2D eigenvalue weighted by Crippen LogP contribution is 2.30. The Labute approximate surface area is 97.8 Å². The van der Waals surface area contributed by atoms with E-state index < -0.39 is 24.0 Å². The molecule has 1 aromatic heterocycles. The Morgan fingerprint density at radius 1 is 1.47 bits per heavy atom. The number of aliphatic carboxylic acids is 1. The monoisotopic (exact) mass is 238 g/mol. The molecular weight excluding hydrogens is 224 g/mol. The molecule has 0 bridgehead atoms. The quantitative estimate of drug-likeness (QED) is 0.727. The SMILES string of the molecule is Cn1cc(N2[C@@H](C(N)=O)CC[C@H]2C(=O)O)cn1. The molecule has 3 N–H and O–H groups in total. The minimum Gasteiger partial charge on any atom is -0.480 e. The van der Waals surface area contributed by atoms with Crippen LogP contribution in [0.4, 0.5) is 5.69 Å². The first-order valence-electron chi connectivity index (χ1n) is 5.30. The summed E-state index contributed by atoms with van der Waals surface area (Å²) in [6.45, 7) is 0. The molecule has 7 nitrogen and oxygen atoms in total. The molecule has 2 atom stereocenters. The van der Waals surface area contributed by atoms with Crippen molar-refractivity contribution in [3.05, 3.63) is 12.4 Å². The maximum atomic E-state index is 11.3. The van der Waals surface area contributed by atoms with E-state index in [9.17, 15) is 9.59 Å². The van der Waals surface area contributed by atoms with Crippen LogP contribution in [-0.4, -0.2) is 38.8 Å². The van der Waals surface area contributed by atoms with E-state index in [-0.39, 0.29) is 0 Å². The van der Waals surface area contributed by atoms with E-state index in [1.54, 1.807) is 17.9 Å². The first kappa shape index (κ1) is 11.4. The Morgan fingerprint density at radius 3 is 2.59 bits per heavy atom. The van der Waals surface area contributed by atoms with Gasteiger partial charge in [0.05, 0.1) is 11.9 Å². The lowest BCUT2D eigenvalue weighted by atomic mass is 10.2. The molecule has 2 rings (SSSR count). The number of nitrogens with zero attached hydrogens (tertiary/aromatic N) is 3. The molecule has 0 radical (unpaired) electrons. The maximum absolute atomic E-state index is 11.3. The predicted octanol–water partition coefficient (Wildman–Crippen LogP) is -0.673. The molecule has 1 aromatic rings. The Balaban J connectivity index is 2.35. The zero-order valence-corrected chi connectivity index (χ0v) is 9.41. The van der Waals surface area contributed by atoms with Crippen LogP contribution in [0.5, 0.6) is 0 Å². The van der Waals surface area contributed by atoms with Crippen molar-refractivity contribution in [1.29, 1.82) is 0 Å². The van der Waals surface area contributed by atoms with Crippen LogP contribution < -0.4 is 10.6 Å². The largest absolute Gasteiger partial charge is 0.480 e. The van der Waals surface area contributed by atoms with Crippen LogP contribution in [0.2, 0.25) is 0 Å². The van der Waals surface area contributed by atoms with Gasteiger partial charge in [0.1, 0.15) is 12.1 Å². The van der Waals surface area contributed by atoms with Crippen LogP contribution in [0.15, 0.2) is 12.4 Å². The Kier molecular flexibility index (Phi) is 2.74. The fourth-order valence-corrected chi connectivity index (χ4v) is 2.23. The number of carboxylic acids is 1. The highest BCUT2D eigenvalue weighted by atomic mass is 16.4. The number of nitrogens with two attached hydrogens (primary N) is 1. The predicted molar refractivity (Wildman–Crippen MR) is 59.3 cm³/mol. The number of aromatic nitrogens is 2. The van der Waals surface area contributed by atoms with Gasteiger partial charge in [-0.05, 0) is 12.8 Å². The number of aryl methyl sites for hydroxylation is 1. The fraction of sp³-hybridized carbons (Fsp3) is 0.500. The standard InChI is InChI=1S/C10H14N4O3/c1-13-5-6(4-12-13)14-7(9(11)15)2-3-8(14)10(16)17/h4-5,7-8H,2-3H2,1H3,(H2,11,15)(H,16,17)/t7-,8+/m1/s1. The minimum absolute atomic E-state index is 0.415. The molecule has 0 aromatic carbocycles. The summed E-state index contributed by atoms with van der Waals surface area (Å²) in [5, 5.41) is 13.1. The van der Waals surface area contributed by atoms with Crippen molar-refractivity contribution >= 4 is 17.6 Å². The molecule has 0 aliphatic carbocycles. The fourth-order valence-electron chi connectivity index (χ4n) is 2.23. The second kappa shape index (κ2) is 4.08. The van der Waals surface area contributed by atoms with Crippen LogP contribution in [0.25, 0.3) is 0 Å². The Bertz CT molecular complexity index is 434. The van der Waals surface area contributed by atoms with Crippen molar-refractivity contribution in [2.45, 2.75) is 24.9 Å². The number of anilines is 1. The van der Waals surface area contributed by atoms with Gasteiger partial charge in [-0.3, -0.25) is 9.48 Å². The van der Waals surface area contributed by atoms with Gasteiger partial charge in [0, 0.05) is 13.2 Å². The van der Waals surface area contributed by atoms with Crippen molar-refractivity contribution in [3.8, 4) is 0 Å². The highest BCUT2D eigenvalue weighted by Gasteiger charge is 2.41. The molecular formula is C10H14N4O3. The van der Waals surface area contributed by atoms with E-state index in [0.717, 1.165) is 0 Å². The summed E-state index contributed by atoms with van der Waals surface area (Å²) >= 11 is 0. The molecule has 7 heteroatoms. The summed E-state index contributed by atoms with van der Waals surface area (Å²) in [5.41, 5.74) is 5.91. The van der Waals surface area contributed by atoms with Gasteiger partial charge in [-0.2, -0.15) is 5.10 Å². The lowest BCUT2D eigenvalue weighted by Gasteiger charge is -2.26. The maximum Gasteiger partial charge on any atom is 0.326 e. The lowest BCUT2D eigenvalue weighted by molar-refractivity contribution is -0.138. The van der Waals surface area contributed by atoms with Gasteiger partial charge in [-0.1, -0.05) is 0 Å². The second-order valence-corrected chi connectivity index (χ2v) is 4.13. The van der Waals surface area contributed by atoms with E-state index in [2.05, 4.69) is 5.10 Å². The van der Waals surface area contributed by atoms with Gasteiger partial charge < -0.3 is 15.7 Å². The molecule has 1 saturated heterocycles. The Hall–Kier alpha value is -2.05. The summed E-state index contributed by atoms with van der Waals surface area (Å²) in [4.78, 5) is 24.0. The third kappa shape index (κ3) is 1.95. The van der Waals surface area contributed by atoms with E-state index in [1.807, 2.05) is 0 Å². The normalized spacial score (nSPS) is 23.9. The number of carbonyl (C=O) groups excluding carboxylic acids is 1. The average molecular weight is 238 g/mol. The topological polar surface area (TPSA) is 101 Å². The number of amides is 1. The van der Waals surface area contributed by atoms with Crippen LogP contribution in [0, 0.1) is 0 Å². The van der Waals surface area contributed by atoms with E-state index in [4.69, 9.17) is 10.8 Å². The molecule has 17 heavy (non-hydrogen) atoms. The van der Waals surface area contributed by atoms with Gasteiger partial charge in [-0.15, -0.1) is 0 Å². The Morgan fingerprint density at radius 2 is 2.12 bits per heavy atom. The van der Waals surface area contributed by atoms with Gasteiger partial charge in [-0.25, -0.2) is 4.79 Å². The zero-order chi connectivity index (χ0) is 12.6. The van der Waals surface area contributed by atoms with Crippen LogP contribution in [-0.2, 0) is 16.6 Å². The summed E-state index contributed by atoms with van der Waals surface area (Å²) in [7, 11) is 1.73. The highest BCUT2D eigenvalue weighted by molar-refractivity contribution is 5.89. The number of hydrogen-bond acceptors (Lipinski definition) is 4. The van der Waals surface area contributed by atoms with Crippen molar-refractivity contribution in [3.63, 3.8) is 0 Å². The number of carbonyl (C=O) groups is 2. The zero-order valence-electron chi connectivity index (χ0n) is 9.41. The molecule has 1 fully saturated rings. The van der Waals surface area contributed by atoms with Crippen LogP contribution in [0.3, 0.4) is 0 Å². The molecule has 1 aliphatic heterocycles. The van der Waals surface area contributed by atoms with Crippen LogP contribution >= 0.6 is 0 Å². The second-order valence-electron chi connectivity index (χ2n) is 4.13. The number of carboxylic acid groups (broad SMARTS) is 1. The van der Waals surface area contributed by atoms with E-state index in [0.29, 0.717) is 18.5 Å². The van der Waals surface area contributed by atoms with Crippen LogP contribution in [0.1, 0.15) is 12.8 Å². The van der Waals surface area contributed by atoms with Crippen molar-refractivity contribution < 1.29 is 14.7 Å². The molecule has 2 heterocycles. The molecule has 0 saturated carbocycles. The first-order chi connectivity index (χ1) is 8.00. The first-order valence-corrected chi connectivity index (χ1v) is 5.30. The minimum atomic E-state index is -0.947. The third-order valence-electron chi connectivity index (χ3n) is 2.99. The summed E-state index contributed by atoms with van der Waals surface area (Å²) < 4.78 is 1.56. The number of primary amides is 1. The molecule has 1 aliphatic rings. The van der Waals surface area contributed by atoms with Crippen molar-refractivity contribution in [1.82, 2.24) is 9.78 Å². The molecule has 1 amide bonds. The van der Waals surface area contributed by atoms with E-state index in [1.165, 1.54) is 11.1 Å². The van der Waals surface area contributed by atoms with Crippen molar-refractivity contribution in [2.75, 3.05) is 4.90 Å². The number of hydrogen-bond donors (Lipinski definition) is 2. The smallest absolute Gasteiger partial charge is 0.326 e. The molecule has 0 spiro atoms. The molecule has 92 valence electrons. The summed E-state index contributed by atoms with van der Waals surface area (Å²) in [5.74, 6) is -1.45. The van der Waals surface area contributed by atoms with E-state index >= 15 is 0 Å². The van der Waals surface area contributed by atoms with Crippen molar-refractivity contribution in [2.24, 2.45) is 12.8 Å². The summed E-state index contributed by atoms with van der Waals surface area (Å²) in [6.07, 6.45) is 4.09. The number of rotatable bonds is 3. The third-order valence-corrected chi connectivity index (χ3v) is 2.99. The van der Waals surface area contributed by atoms with Gasteiger partial charge in [0.25, 0.3) is 0 Å². The molecule has 0 unspecified atom stereocenters. The van der Waals surface area contributed by atoms with Gasteiger partial charge in [0.15, 0.2) is 0 Å². The summed E-state index contributed by atoms with van der Waals surface area (Å²) in [6, 6.07) is -1.28. The lowest BCUT2D eigenvalue weighted by Crippen LogP contribution is -2.46. The van der Waals surface area contributed by atoms with Gasteiger partial charge in [0.2, 0.25) is 5.91 Å². The average Bonchev–Trinajstić information content (AvgIpc) is 2.81.